The van der Waals surface area contributed by atoms with E-state index in [-0.39, 0.29) is 18.1 Å². The van der Waals surface area contributed by atoms with Crippen LogP contribution in [-0.4, -0.2) is 47.9 Å². The van der Waals surface area contributed by atoms with Gasteiger partial charge in [-0.3, -0.25) is 0 Å². The number of rotatable bonds is 4. The summed E-state index contributed by atoms with van der Waals surface area (Å²) in [6, 6.07) is 3.59. The Morgan fingerprint density at radius 3 is 3.09 bits per heavy atom. The van der Waals surface area contributed by atoms with Crippen LogP contribution in [-0.2, 0) is 4.74 Å². The van der Waals surface area contributed by atoms with Crippen molar-refractivity contribution in [3.63, 3.8) is 0 Å². The lowest BCUT2D eigenvalue weighted by atomic mass is 10.0. The molecule has 1 saturated heterocycles. The summed E-state index contributed by atoms with van der Waals surface area (Å²) in [5, 5.41) is 13.4. The second kappa shape index (κ2) is 7.36. The smallest absolute Gasteiger partial charge is 0.318 e. The minimum Gasteiger partial charge on any atom is -0.467 e. The number of amides is 2. The average Bonchev–Trinajstić information content (AvgIpc) is 3.20. The van der Waals surface area contributed by atoms with E-state index in [1.165, 1.54) is 12.8 Å². The van der Waals surface area contributed by atoms with Gasteiger partial charge in [-0.15, -0.1) is 0 Å². The van der Waals surface area contributed by atoms with Gasteiger partial charge in [-0.1, -0.05) is 13.3 Å². The summed E-state index contributed by atoms with van der Waals surface area (Å²) in [6.45, 7) is 3.74. The van der Waals surface area contributed by atoms with Crippen molar-refractivity contribution >= 4 is 6.03 Å². The maximum absolute atomic E-state index is 12.6. The van der Waals surface area contributed by atoms with Gasteiger partial charge in [0.2, 0.25) is 0 Å². The largest absolute Gasteiger partial charge is 0.467 e. The average molecular weight is 322 g/mol. The van der Waals surface area contributed by atoms with Gasteiger partial charge in [-0.2, -0.15) is 0 Å². The molecule has 2 amide bonds. The summed E-state index contributed by atoms with van der Waals surface area (Å²) in [7, 11) is 0. The van der Waals surface area contributed by atoms with Gasteiger partial charge in [0.1, 0.15) is 11.9 Å². The molecule has 3 rings (SSSR count). The van der Waals surface area contributed by atoms with Crippen molar-refractivity contribution in [2.75, 3.05) is 19.8 Å². The van der Waals surface area contributed by atoms with Gasteiger partial charge >= 0.3 is 6.03 Å². The fourth-order valence-electron chi connectivity index (χ4n) is 3.57. The number of carbonyl (C=O) groups excluding carboxylic acids is 1. The summed E-state index contributed by atoms with van der Waals surface area (Å²) in [6.07, 6.45) is 4.64. The Labute approximate surface area is 136 Å². The topological polar surface area (TPSA) is 74.9 Å². The highest BCUT2D eigenvalue weighted by Crippen LogP contribution is 2.26. The van der Waals surface area contributed by atoms with Gasteiger partial charge in [0.15, 0.2) is 0 Å². The first-order valence-electron chi connectivity index (χ1n) is 8.51. The Kier molecular flexibility index (Phi) is 5.23. The van der Waals surface area contributed by atoms with Crippen molar-refractivity contribution < 1.29 is 19.1 Å². The minimum atomic E-state index is -0.725. The Balaban J connectivity index is 1.60. The van der Waals surface area contributed by atoms with Gasteiger partial charge in [0, 0.05) is 19.0 Å². The van der Waals surface area contributed by atoms with Crippen LogP contribution in [0, 0.1) is 5.92 Å². The van der Waals surface area contributed by atoms with Crippen LogP contribution in [0.3, 0.4) is 0 Å². The first kappa shape index (κ1) is 16.3. The van der Waals surface area contributed by atoms with E-state index in [0.717, 1.165) is 6.42 Å². The lowest BCUT2D eigenvalue weighted by Crippen LogP contribution is -2.55. The first-order valence-corrected chi connectivity index (χ1v) is 8.51. The second-order valence-electron chi connectivity index (χ2n) is 6.65. The Morgan fingerprint density at radius 1 is 1.52 bits per heavy atom. The standard InChI is InChI=1S/C17H26N2O4/c1-12-4-2-5-14(12)18-17(21)19-7-9-22-11-13(19)10-15(20)16-6-3-8-23-16/h3,6,8,12-15,20H,2,4-5,7,9-11H2,1H3,(H,18,21). The molecule has 2 heterocycles. The molecule has 1 aliphatic carbocycles. The normalized spacial score (nSPS) is 29.5. The fraction of sp³-hybridized carbons (Fsp3) is 0.706. The third kappa shape index (κ3) is 3.87. The zero-order chi connectivity index (χ0) is 16.2. The molecule has 128 valence electrons. The molecule has 2 fully saturated rings. The van der Waals surface area contributed by atoms with Crippen molar-refractivity contribution in [3.05, 3.63) is 24.2 Å². The summed E-state index contributed by atoms with van der Waals surface area (Å²) < 4.78 is 10.8. The zero-order valence-corrected chi connectivity index (χ0v) is 13.6. The molecular weight excluding hydrogens is 296 g/mol. The third-order valence-corrected chi connectivity index (χ3v) is 5.03. The summed E-state index contributed by atoms with van der Waals surface area (Å²) in [5.41, 5.74) is 0. The van der Waals surface area contributed by atoms with E-state index >= 15 is 0 Å². The number of furan rings is 1. The number of nitrogens with one attached hydrogen (secondary N) is 1. The number of hydrogen-bond acceptors (Lipinski definition) is 4. The summed E-state index contributed by atoms with van der Waals surface area (Å²) in [4.78, 5) is 14.4. The molecule has 1 aromatic rings. The van der Waals surface area contributed by atoms with E-state index in [1.807, 2.05) is 0 Å². The molecule has 0 aromatic carbocycles. The maximum Gasteiger partial charge on any atom is 0.318 e. The predicted octanol–water partition coefficient (Wildman–Crippen LogP) is 2.30. The maximum atomic E-state index is 12.6. The van der Waals surface area contributed by atoms with Crippen LogP contribution >= 0.6 is 0 Å². The van der Waals surface area contributed by atoms with Crippen LogP contribution in [0.2, 0.25) is 0 Å². The van der Waals surface area contributed by atoms with Gasteiger partial charge in [0.05, 0.1) is 25.5 Å². The Bertz CT molecular complexity index is 505. The van der Waals surface area contributed by atoms with E-state index < -0.39 is 6.10 Å². The van der Waals surface area contributed by atoms with E-state index in [0.29, 0.717) is 37.9 Å². The SMILES string of the molecule is CC1CCCC1NC(=O)N1CCOCC1CC(O)c1ccco1. The summed E-state index contributed by atoms with van der Waals surface area (Å²) >= 11 is 0. The highest BCUT2D eigenvalue weighted by molar-refractivity contribution is 5.75. The molecule has 23 heavy (non-hydrogen) atoms. The molecule has 2 aliphatic rings. The van der Waals surface area contributed by atoms with E-state index in [2.05, 4.69) is 12.2 Å². The van der Waals surface area contributed by atoms with Crippen LogP contribution in [0.5, 0.6) is 0 Å². The Hall–Kier alpha value is -1.53. The van der Waals surface area contributed by atoms with Crippen LogP contribution in [0.1, 0.15) is 44.5 Å². The van der Waals surface area contributed by atoms with Crippen LogP contribution in [0.25, 0.3) is 0 Å². The fourth-order valence-corrected chi connectivity index (χ4v) is 3.57. The molecule has 1 aliphatic heterocycles. The lowest BCUT2D eigenvalue weighted by molar-refractivity contribution is -0.0103. The second-order valence-corrected chi connectivity index (χ2v) is 6.65. The van der Waals surface area contributed by atoms with Crippen molar-refractivity contribution in [1.82, 2.24) is 10.2 Å². The quantitative estimate of drug-likeness (QED) is 0.892. The molecule has 4 unspecified atom stereocenters. The molecule has 1 aromatic heterocycles. The molecule has 6 nitrogen and oxygen atoms in total. The molecule has 0 bridgehead atoms. The van der Waals surface area contributed by atoms with Crippen LogP contribution in [0.4, 0.5) is 4.79 Å². The van der Waals surface area contributed by atoms with E-state index in [9.17, 15) is 9.90 Å². The molecule has 0 spiro atoms. The Morgan fingerprint density at radius 2 is 2.39 bits per heavy atom. The van der Waals surface area contributed by atoms with Crippen molar-refractivity contribution in [2.45, 2.75) is 50.8 Å². The molecule has 0 radical (unpaired) electrons. The number of nitrogens with zero attached hydrogens (tertiary/aromatic N) is 1. The molecule has 1 saturated carbocycles. The van der Waals surface area contributed by atoms with Crippen molar-refractivity contribution in [1.29, 1.82) is 0 Å². The minimum absolute atomic E-state index is 0.0382. The number of morpholine rings is 1. The number of aliphatic hydroxyl groups is 1. The third-order valence-electron chi connectivity index (χ3n) is 5.03. The first-order chi connectivity index (χ1) is 11.1. The van der Waals surface area contributed by atoms with Gasteiger partial charge in [-0.05, 0) is 30.9 Å². The lowest BCUT2D eigenvalue weighted by Gasteiger charge is -2.37. The molecular formula is C17H26N2O4. The number of hydrogen-bond donors (Lipinski definition) is 2. The van der Waals surface area contributed by atoms with Crippen LogP contribution < -0.4 is 5.32 Å². The zero-order valence-electron chi connectivity index (χ0n) is 13.6. The number of ether oxygens (including phenoxy) is 1. The highest BCUT2D eigenvalue weighted by atomic mass is 16.5. The van der Waals surface area contributed by atoms with Crippen molar-refractivity contribution in [3.8, 4) is 0 Å². The van der Waals surface area contributed by atoms with Crippen molar-refractivity contribution in [2.24, 2.45) is 5.92 Å². The monoisotopic (exact) mass is 322 g/mol. The molecule has 4 atom stereocenters. The van der Waals surface area contributed by atoms with E-state index in [1.54, 1.807) is 23.3 Å². The van der Waals surface area contributed by atoms with Gasteiger partial charge in [-0.25, -0.2) is 4.79 Å². The molecule has 2 N–H and O–H groups in total. The number of aliphatic hydroxyl groups excluding tert-OH is 1. The number of urea groups is 1. The van der Waals surface area contributed by atoms with Gasteiger partial charge < -0.3 is 24.5 Å². The molecule has 6 heteroatoms. The number of carbonyl (C=O) groups is 1. The van der Waals surface area contributed by atoms with Gasteiger partial charge in [0.25, 0.3) is 0 Å². The summed E-state index contributed by atoms with van der Waals surface area (Å²) in [5.74, 6) is 1.06. The van der Waals surface area contributed by atoms with Crippen LogP contribution in [0.15, 0.2) is 22.8 Å². The van der Waals surface area contributed by atoms with E-state index in [4.69, 9.17) is 9.15 Å². The highest BCUT2D eigenvalue weighted by Gasteiger charge is 2.33. The predicted molar refractivity (Wildman–Crippen MR) is 84.9 cm³/mol.